The maximum atomic E-state index is 11.4. The number of pyridine rings is 1. The first-order chi connectivity index (χ1) is 7.00. The average Bonchev–Trinajstić information content (AvgIpc) is 2.11. The fourth-order valence-corrected chi connectivity index (χ4v) is 1.20. The molecule has 0 radical (unpaired) electrons. The van der Waals surface area contributed by atoms with Crippen LogP contribution in [0.2, 0.25) is 0 Å². The van der Waals surface area contributed by atoms with Crippen LogP contribution in [-0.4, -0.2) is 16.5 Å². The van der Waals surface area contributed by atoms with Gasteiger partial charge >= 0.3 is 0 Å². The van der Waals surface area contributed by atoms with Crippen LogP contribution in [0.25, 0.3) is 0 Å². The Kier molecular flexibility index (Phi) is 3.49. The summed E-state index contributed by atoms with van der Waals surface area (Å²) >= 11 is 0. The highest BCUT2D eigenvalue weighted by Crippen LogP contribution is 1.91. The molecule has 0 atom stereocenters. The molecule has 0 saturated carbocycles. The van der Waals surface area contributed by atoms with Gasteiger partial charge in [0.1, 0.15) is 6.54 Å². The number of aromatic nitrogens is 1. The Labute approximate surface area is 87.9 Å². The lowest BCUT2D eigenvalue weighted by Gasteiger charge is -2.09. The number of carbonyl (C=O) groups is 1. The lowest BCUT2D eigenvalue weighted by atomic mass is 10.3. The van der Waals surface area contributed by atoms with Gasteiger partial charge in [-0.2, -0.15) is 0 Å². The number of hydrogen-bond acceptors (Lipinski definition) is 3. The molecule has 1 heterocycles. The third kappa shape index (κ3) is 3.12. The van der Waals surface area contributed by atoms with E-state index in [9.17, 15) is 9.59 Å². The summed E-state index contributed by atoms with van der Waals surface area (Å²) in [7, 11) is 0. The lowest BCUT2D eigenvalue weighted by Crippen LogP contribution is -2.36. The maximum Gasteiger partial charge on any atom is 0.274 e. The topological polar surface area (TPSA) is 77.1 Å². The predicted molar refractivity (Wildman–Crippen MR) is 58.4 cm³/mol. The second-order valence-electron chi connectivity index (χ2n) is 3.62. The van der Waals surface area contributed by atoms with E-state index >= 15 is 0 Å². The SMILES string of the molecule is CC(C)NC(=O)Cn1cccc(N)c1=O. The Morgan fingerprint density at radius 2 is 2.27 bits per heavy atom. The van der Waals surface area contributed by atoms with E-state index in [1.807, 2.05) is 13.8 Å². The molecule has 0 aliphatic rings. The van der Waals surface area contributed by atoms with Crippen LogP contribution in [0.3, 0.4) is 0 Å². The van der Waals surface area contributed by atoms with E-state index in [-0.39, 0.29) is 29.7 Å². The minimum absolute atomic E-state index is 0.00204. The quantitative estimate of drug-likeness (QED) is 0.733. The Morgan fingerprint density at radius 3 is 2.87 bits per heavy atom. The molecular formula is C10H15N3O2. The van der Waals surface area contributed by atoms with Gasteiger partial charge in [-0.1, -0.05) is 0 Å². The molecule has 0 unspecified atom stereocenters. The number of amides is 1. The molecule has 1 aromatic rings. The number of anilines is 1. The van der Waals surface area contributed by atoms with Gasteiger partial charge in [-0.3, -0.25) is 9.59 Å². The molecule has 3 N–H and O–H groups in total. The van der Waals surface area contributed by atoms with Gasteiger partial charge in [-0.25, -0.2) is 0 Å². The van der Waals surface area contributed by atoms with Gasteiger partial charge in [-0.15, -0.1) is 0 Å². The van der Waals surface area contributed by atoms with E-state index in [0.29, 0.717) is 0 Å². The number of carbonyl (C=O) groups excluding carboxylic acids is 1. The molecule has 0 fully saturated rings. The second-order valence-corrected chi connectivity index (χ2v) is 3.62. The molecular weight excluding hydrogens is 194 g/mol. The number of nitrogens with two attached hydrogens (primary N) is 1. The molecule has 1 aromatic heterocycles. The minimum atomic E-state index is -0.337. The van der Waals surface area contributed by atoms with Crippen LogP contribution in [0.1, 0.15) is 13.8 Å². The molecule has 0 spiro atoms. The Hall–Kier alpha value is -1.78. The Balaban J connectivity index is 2.77. The van der Waals surface area contributed by atoms with Crippen LogP contribution >= 0.6 is 0 Å². The molecule has 0 bridgehead atoms. The largest absolute Gasteiger partial charge is 0.394 e. The first kappa shape index (κ1) is 11.3. The summed E-state index contributed by atoms with van der Waals surface area (Å²) in [6, 6.07) is 3.22. The molecule has 1 rings (SSSR count). The van der Waals surface area contributed by atoms with Crippen molar-refractivity contribution in [3.63, 3.8) is 0 Å². The van der Waals surface area contributed by atoms with Crippen molar-refractivity contribution in [2.45, 2.75) is 26.4 Å². The number of hydrogen-bond donors (Lipinski definition) is 2. The van der Waals surface area contributed by atoms with Crippen LogP contribution in [0.5, 0.6) is 0 Å². The van der Waals surface area contributed by atoms with Crippen molar-refractivity contribution in [2.75, 3.05) is 5.73 Å². The van der Waals surface area contributed by atoms with Gasteiger partial charge in [0.25, 0.3) is 5.56 Å². The van der Waals surface area contributed by atoms with Crippen LogP contribution in [0.4, 0.5) is 5.69 Å². The Morgan fingerprint density at radius 1 is 1.60 bits per heavy atom. The number of nitrogens with one attached hydrogen (secondary N) is 1. The molecule has 0 aliphatic carbocycles. The van der Waals surface area contributed by atoms with Crippen LogP contribution in [0.15, 0.2) is 23.1 Å². The van der Waals surface area contributed by atoms with Crippen molar-refractivity contribution in [1.29, 1.82) is 0 Å². The number of rotatable bonds is 3. The molecule has 0 saturated heterocycles. The second kappa shape index (κ2) is 4.63. The van der Waals surface area contributed by atoms with Gasteiger partial charge in [-0.05, 0) is 26.0 Å². The summed E-state index contributed by atoms with van der Waals surface area (Å²) in [5.74, 6) is -0.197. The monoisotopic (exact) mass is 209 g/mol. The van der Waals surface area contributed by atoms with Gasteiger partial charge in [0.2, 0.25) is 5.91 Å². The predicted octanol–water partition coefficient (Wildman–Crippen LogP) is -0.0449. The number of nitrogen functional groups attached to an aromatic ring is 1. The zero-order valence-corrected chi connectivity index (χ0v) is 8.86. The molecule has 5 heteroatoms. The van der Waals surface area contributed by atoms with E-state index in [4.69, 9.17) is 5.73 Å². The van der Waals surface area contributed by atoms with Gasteiger partial charge in [0.05, 0.1) is 5.69 Å². The first-order valence-electron chi connectivity index (χ1n) is 4.75. The van der Waals surface area contributed by atoms with Gasteiger partial charge in [0, 0.05) is 12.2 Å². The molecule has 1 amide bonds. The highest BCUT2D eigenvalue weighted by Gasteiger charge is 2.06. The van der Waals surface area contributed by atoms with E-state index in [1.165, 1.54) is 10.6 Å². The molecule has 15 heavy (non-hydrogen) atoms. The maximum absolute atomic E-state index is 11.4. The molecule has 5 nitrogen and oxygen atoms in total. The Bertz CT molecular complexity index is 409. The standard InChI is InChI=1S/C10H15N3O2/c1-7(2)12-9(14)6-13-5-3-4-8(11)10(13)15/h3-5,7H,6,11H2,1-2H3,(H,12,14). The summed E-state index contributed by atoms with van der Waals surface area (Å²) in [4.78, 5) is 22.8. The van der Waals surface area contributed by atoms with Crippen molar-refractivity contribution in [3.05, 3.63) is 28.7 Å². The zero-order valence-electron chi connectivity index (χ0n) is 8.86. The van der Waals surface area contributed by atoms with Crippen molar-refractivity contribution in [1.82, 2.24) is 9.88 Å². The van der Waals surface area contributed by atoms with E-state index in [2.05, 4.69) is 5.32 Å². The third-order valence-corrected chi connectivity index (χ3v) is 1.81. The normalized spacial score (nSPS) is 10.3. The third-order valence-electron chi connectivity index (χ3n) is 1.81. The molecule has 0 aliphatic heterocycles. The lowest BCUT2D eigenvalue weighted by molar-refractivity contribution is -0.122. The molecule has 82 valence electrons. The van der Waals surface area contributed by atoms with Gasteiger partial charge in [0.15, 0.2) is 0 Å². The van der Waals surface area contributed by atoms with Crippen LogP contribution in [0, 0.1) is 0 Å². The fraction of sp³-hybridized carbons (Fsp3) is 0.400. The van der Waals surface area contributed by atoms with Gasteiger partial charge < -0.3 is 15.6 Å². The molecule has 0 aromatic carbocycles. The fourth-order valence-electron chi connectivity index (χ4n) is 1.20. The smallest absolute Gasteiger partial charge is 0.274 e. The zero-order chi connectivity index (χ0) is 11.4. The summed E-state index contributed by atoms with van der Waals surface area (Å²) in [6.45, 7) is 3.72. The van der Waals surface area contributed by atoms with Crippen LogP contribution < -0.4 is 16.6 Å². The van der Waals surface area contributed by atoms with E-state index in [1.54, 1.807) is 12.3 Å². The number of nitrogens with zero attached hydrogens (tertiary/aromatic N) is 1. The highest BCUT2D eigenvalue weighted by molar-refractivity contribution is 5.76. The summed E-state index contributed by atoms with van der Waals surface area (Å²) in [5, 5.41) is 2.70. The van der Waals surface area contributed by atoms with Crippen molar-refractivity contribution < 1.29 is 4.79 Å². The minimum Gasteiger partial charge on any atom is -0.394 e. The van der Waals surface area contributed by atoms with Crippen molar-refractivity contribution in [3.8, 4) is 0 Å². The van der Waals surface area contributed by atoms with E-state index in [0.717, 1.165) is 0 Å². The summed E-state index contributed by atoms with van der Waals surface area (Å²) in [6.07, 6.45) is 1.54. The summed E-state index contributed by atoms with van der Waals surface area (Å²) < 4.78 is 1.28. The van der Waals surface area contributed by atoms with E-state index < -0.39 is 0 Å². The van der Waals surface area contributed by atoms with Crippen molar-refractivity contribution in [2.24, 2.45) is 0 Å². The highest BCUT2D eigenvalue weighted by atomic mass is 16.2. The summed E-state index contributed by atoms with van der Waals surface area (Å²) in [5.41, 5.74) is 5.24. The van der Waals surface area contributed by atoms with Crippen LogP contribution in [-0.2, 0) is 11.3 Å². The van der Waals surface area contributed by atoms with Crippen molar-refractivity contribution >= 4 is 11.6 Å². The first-order valence-corrected chi connectivity index (χ1v) is 4.75. The average molecular weight is 209 g/mol.